The summed E-state index contributed by atoms with van der Waals surface area (Å²) in [6.45, 7) is 4.22. The Kier molecular flexibility index (Phi) is 7.45. The van der Waals surface area contributed by atoms with Crippen LogP contribution in [-0.4, -0.2) is 10.1 Å². The predicted octanol–water partition coefficient (Wildman–Crippen LogP) is 4.63. The standard InChI is InChI=1S/C14H25NOS/c1-3-4-5-6-7-8-9-10-14(16)13-11-17-12(2)15-13/h11,14,16H,3-10H2,1-2H3. The molecule has 0 saturated carbocycles. The Balaban J connectivity index is 2.03. The van der Waals surface area contributed by atoms with E-state index < -0.39 is 0 Å². The van der Waals surface area contributed by atoms with Crippen LogP contribution in [0.15, 0.2) is 5.38 Å². The van der Waals surface area contributed by atoms with Crippen LogP contribution < -0.4 is 0 Å². The number of aryl methyl sites for hydroxylation is 1. The van der Waals surface area contributed by atoms with Gasteiger partial charge in [0, 0.05) is 5.38 Å². The quantitative estimate of drug-likeness (QED) is 0.653. The molecule has 1 unspecified atom stereocenters. The molecular weight excluding hydrogens is 230 g/mol. The van der Waals surface area contributed by atoms with E-state index in [1.807, 2.05) is 12.3 Å². The molecule has 0 bridgehead atoms. The molecule has 1 aromatic heterocycles. The van der Waals surface area contributed by atoms with Crippen molar-refractivity contribution in [1.29, 1.82) is 0 Å². The van der Waals surface area contributed by atoms with Crippen LogP contribution in [0.1, 0.15) is 75.1 Å². The lowest BCUT2D eigenvalue weighted by molar-refractivity contribution is 0.159. The molecule has 1 rings (SSSR count). The SMILES string of the molecule is CCCCCCCCCC(O)c1csc(C)n1. The van der Waals surface area contributed by atoms with Crippen LogP contribution in [0.25, 0.3) is 0 Å². The number of unbranched alkanes of at least 4 members (excludes halogenated alkanes) is 6. The van der Waals surface area contributed by atoms with Gasteiger partial charge in [-0.3, -0.25) is 0 Å². The second-order valence-corrected chi connectivity index (χ2v) is 5.78. The molecule has 0 aliphatic rings. The van der Waals surface area contributed by atoms with Gasteiger partial charge < -0.3 is 5.11 Å². The van der Waals surface area contributed by atoms with Gasteiger partial charge in [0.05, 0.1) is 16.8 Å². The van der Waals surface area contributed by atoms with Crippen LogP contribution in [0.5, 0.6) is 0 Å². The molecule has 3 heteroatoms. The maximum atomic E-state index is 9.92. The van der Waals surface area contributed by atoms with E-state index in [1.54, 1.807) is 11.3 Å². The first-order chi connectivity index (χ1) is 8.24. The highest BCUT2D eigenvalue weighted by Crippen LogP contribution is 2.21. The molecule has 0 fully saturated rings. The maximum Gasteiger partial charge on any atom is 0.0968 e. The van der Waals surface area contributed by atoms with Gasteiger partial charge in [0.15, 0.2) is 0 Å². The highest BCUT2D eigenvalue weighted by Gasteiger charge is 2.09. The third-order valence-electron chi connectivity index (χ3n) is 3.06. The number of aliphatic hydroxyl groups excluding tert-OH is 1. The van der Waals surface area contributed by atoms with E-state index in [1.165, 1.54) is 38.5 Å². The minimum Gasteiger partial charge on any atom is -0.387 e. The molecule has 1 atom stereocenters. The Morgan fingerprint density at radius 1 is 1.18 bits per heavy atom. The largest absolute Gasteiger partial charge is 0.387 e. The Bertz CT molecular complexity index is 298. The number of nitrogens with zero attached hydrogens (tertiary/aromatic N) is 1. The lowest BCUT2D eigenvalue weighted by Crippen LogP contribution is -1.97. The molecule has 0 aliphatic carbocycles. The fourth-order valence-electron chi connectivity index (χ4n) is 1.98. The molecule has 0 aromatic carbocycles. The van der Waals surface area contributed by atoms with E-state index in [-0.39, 0.29) is 6.10 Å². The summed E-state index contributed by atoms with van der Waals surface area (Å²) >= 11 is 1.61. The molecule has 0 amide bonds. The summed E-state index contributed by atoms with van der Waals surface area (Å²) in [7, 11) is 0. The summed E-state index contributed by atoms with van der Waals surface area (Å²) in [5.74, 6) is 0. The summed E-state index contributed by atoms with van der Waals surface area (Å²) < 4.78 is 0. The summed E-state index contributed by atoms with van der Waals surface area (Å²) in [6, 6.07) is 0. The van der Waals surface area contributed by atoms with E-state index in [0.29, 0.717) is 0 Å². The minimum absolute atomic E-state index is 0.351. The Morgan fingerprint density at radius 2 is 1.82 bits per heavy atom. The van der Waals surface area contributed by atoms with Crippen molar-refractivity contribution in [3.8, 4) is 0 Å². The predicted molar refractivity (Wildman–Crippen MR) is 74.4 cm³/mol. The average Bonchev–Trinajstić information content (AvgIpc) is 2.74. The van der Waals surface area contributed by atoms with Gasteiger partial charge >= 0.3 is 0 Å². The van der Waals surface area contributed by atoms with Crippen LogP contribution >= 0.6 is 11.3 Å². The zero-order chi connectivity index (χ0) is 12.5. The third kappa shape index (κ3) is 6.18. The zero-order valence-electron chi connectivity index (χ0n) is 11.1. The van der Waals surface area contributed by atoms with Crippen LogP contribution in [0, 0.1) is 6.92 Å². The fourth-order valence-corrected chi connectivity index (χ4v) is 2.64. The van der Waals surface area contributed by atoms with E-state index in [2.05, 4.69) is 11.9 Å². The smallest absolute Gasteiger partial charge is 0.0968 e. The molecule has 98 valence electrons. The van der Waals surface area contributed by atoms with E-state index in [4.69, 9.17) is 0 Å². The van der Waals surface area contributed by atoms with Gasteiger partial charge in [-0.05, 0) is 13.3 Å². The molecule has 0 radical (unpaired) electrons. The minimum atomic E-state index is -0.351. The first kappa shape index (κ1) is 14.7. The van der Waals surface area contributed by atoms with Crippen molar-refractivity contribution in [2.45, 2.75) is 71.3 Å². The van der Waals surface area contributed by atoms with Crippen LogP contribution in [0.2, 0.25) is 0 Å². The van der Waals surface area contributed by atoms with Gasteiger partial charge in [0.2, 0.25) is 0 Å². The molecular formula is C14H25NOS. The Labute approximate surface area is 109 Å². The number of rotatable bonds is 9. The highest BCUT2D eigenvalue weighted by atomic mass is 32.1. The number of hydrogen-bond acceptors (Lipinski definition) is 3. The Morgan fingerprint density at radius 3 is 2.41 bits per heavy atom. The highest BCUT2D eigenvalue weighted by molar-refractivity contribution is 7.09. The summed E-state index contributed by atoms with van der Waals surface area (Å²) in [6.07, 6.45) is 9.55. The van der Waals surface area contributed by atoms with Gasteiger partial charge in [0.1, 0.15) is 0 Å². The first-order valence-corrected chi connectivity index (χ1v) is 7.72. The van der Waals surface area contributed by atoms with Gasteiger partial charge in [-0.15, -0.1) is 11.3 Å². The van der Waals surface area contributed by atoms with E-state index >= 15 is 0 Å². The molecule has 0 aliphatic heterocycles. The van der Waals surface area contributed by atoms with Crippen molar-refractivity contribution in [2.24, 2.45) is 0 Å². The number of aliphatic hydroxyl groups is 1. The molecule has 1 aromatic rings. The van der Waals surface area contributed by atoms with Crippen molar-refractivity contribution in [3.05, 3.63) is 16.1 Å². The summed E-state index contributed by atoms with van der Waals surface area (Å²) in [5.41, 5.74) is 0.860. The molecule has 17 heavy (non-hydrogen) atoms. The lowest BCUT2D eigenvalue weighted by atomic mass is 10.1. The van der Waals surface area contributed by atoms with Crippen molar-refractivity contribution < 1.29 is 5.11 Å². The summed E-state index contributed by atoms with van der Waals surface area (Å²) in [5, 5.41) is 12.9. The van der Waals surface area contributed by atoms with Gasteiger partial charge in [-0.25, -0.2) is 4.98 Å². The lowest BCUT2D eigenvalue weighted by Gasteiger charge is -2.07. The molecule has 0 saturated heterocycles. The number of aromatic nitrogens is 1. The molecule has 2 nitrogen and oxygen atoms in total. The normalized spacial score (nSPS) is 12.9. The van der Waals surface area contributed by atoms with Gasteiger partial charge in [-0.2, -0.15) is 0 Å². The van der Waals surface area contributed by atoms with E-state index in [0.717, 1.165) is 23.5 Å². The first-order valence-electron chi connectivity index (χ1n) is 6.84. The van der Waals surface area contributed by atoms with Crippen molar-refractivity contribution in [1.82, 2.24) is 4.98 Å². The van der Waals surface area contributed by atoms with Gasteiger partial charge in [-0.1, -0.05) is 51.9 Å². The monoisotopic (exact) mass is 255 g/mol. The van der Waals surface area contributed by atoms with Crippen LogP contribution in [-0.2, 0) is 0 Å². The zero-order valence-corrected chi connectivity index (χ0v) is 11.9. The van der Waals surface area contributed by atoms with Crippen LogP contribution in [0.3, 0.4) is 0 Å². The Hall–Kier alpha value is -0.410. The van der Waals surface area contributed by atoms with Crippen molar-refractivity contribution >= 4 is 11.3 Å². The second kappa shape index (κ2) is 8.65. The van der Waals surface area contributed by atoms with Crippen molar-refractivity contribution in [3.63, 3.8) is 0 Å². The average molecular weight is 255 g/mol. The number of thiazole rings is 1. The molecule has 1 N–H and O–H groups in total. The van der Waals surface area contributed by atoms with Crippen LogP contribution in [0.4, 0.5) is 0 Å². The summed E-state index contributed by atoms with van der Waals surface area (Å²) in [4.78, 5) is 4.32. The molecule has 0 spiro atoms. The topological polar surface area (TPSA) is 33.1 Å². The van der Waals surface area contributed by atoms with Gasteiger partial charge in [0.25, 0.3) is 0 Å². The number of hydrogen-bond donors (Lipinski definition) is 1. The molecule has 1 heterocycles. The second-order valence-electron chi connectivity index (χ2n) is 4.72. The maximum absolute atomic E-state index is 9.92. The fraction of sp³-hybridized carbons (Fsp3) is 0.786. The van der Waals surface area contributed by atoms with E-state index in [9.17, 15) is 5.11 Å². The third-order valence-corrected chi connectivity index (χ3v) is 3.85. The van der Waals surface area contributed by atoms with Crippen molar-refractivity contribution in [2.75, 3.05) is 0 Å².